The SMILES string of the molecule is CN(C)CCN1CCN(Cc2cc(Nc3c4ccc(Cl)cc4nc4ccc(O)cc34)ccc2O)CC1. The van der Waals surface area contributed by atoms with Crippen molar-refractivity contribution < 1.29 is 10.2 Å². The summed E-state index contributed by atoms with van der Waals surface area (Å²) >= 11 is 6.24. The summed E-state index contributed by atoms with van der Waals surface area (Å²) in [5, 5.41) is 26.6. The number of rotatable bonds is 7. The molecule has 2 heterocycles. The van der Waals surface area contributed by atoms with E-state index in [1.165, 1.54) is 0 Å². The van der Waals surface area contributed by atoms with E-state index in [0.717, 1.165) is 78.0 Å². The highest BCUT2D eigenvalue weighted by Gasteiger charge is 2.18. The Morgan fingerprint density at radius 2 is 1.67 bits per heavy atom. The van der Waals surface area contributed by atoms with Crippen LogP contribution in [-0.2, 0) is 6.54 Å². The van der Waals surface area contributed by atoms with Crippen molar-refractivity contribution in [3.05, 3.63) is 65.2 Å². The maximum Gasteiger partial charge on any atom is 0.120 e. The molecule has 0 amide bonds. The number of pyridine rings is 1. The van der Waals surface area contributed by atoms with Gasteiger partial charge in [-0.25, -0.2) is 4.98 Å². The van der Waals surface area contributed by atoms with Gasteiger partial charge in [0, 0.05) is 72.9 Å². The molecule has 0 aliphatic carbocycles. The second kappa shape index (κ2) is 10.5. The van der Waals surface area contributed by atoms with Crippen LogP contribution in [0.1, 0.15) is 5.56 Å². The molecule has 0 saturated carbocycles. The molecule has 8 heteroatoms. The molecule has 5 rings (SSSR count). The Morgan fingerprint density at radius 1 is 0.889 bits per heavy atom. The predicted octanol–water partition coefficient (Wildman–Crippen LogP) is 4.88. The summed E-state index contributed by atoms with van der Waals surface area (Å²) in [4.78, 5) is 11.8. The Labute approximate surface area is 216 Å². The molecule has 0 unspecified atom stereocenters. The van der Waals surface area contributed by atoms with E-state index < -0.39 is 0 Å². The van der Waals surface area contributed by atoms with E-state index in [9.17, 15) is 10.2 Å². The Morgan fingerprint density at radius 3 is 2.44 bits per heavy atom. The Hall–Kier alpha value is -3.10. The number of hydrogen-bond donors (Lipinski definition) is 3. The first-order chi connectivity index (χ1) is 17.4. The quantitative estimate of drug-likeness (QED) is 0.244. The number of halogens is 1. The minimum atomic E-state index is 0.178. The molecule has 188 valence electrons. The zero-order valence-corrected chi connectivity index (χ0v) is 21.5. The van der Waals surface area contributed by atoms with Crippen LogP contribution in [-0.4, -0.2) is 83.3 Å². The summed E-state index contributed by atoms with van der Waals surface area (Å²) in [6, 6.07) is 16.4. The highest BCUT2D eigenvalue weighted by atomic mass is 35.5. The number of nitrogens with one attached hydrogen (secondary N) is 1. The molecule has 1 saturated heterocycles. The first-order valence-electron chi connectivity index (χ1n) is 12.3. The third-order valence-corrected chi connectivity index (χ3v) is 7.03. The van der Waals surface area contributed by atoms with E-state index in [4.69, 9.17) is 16.6 Å². The van der Waals surface area contributed by atoms with Crippen molar-refractivity contribution in [3.8, 4) is 11.5 Å². The fraction of sp³-hybridized carbons (Fsp3) is 0.321. The van der Waals surface area contributed by atoms with Crippen LogP contribution in [0.25, 0.3) is 21.8 Å². The normalized spacial score (nSPS) is 15.2. The Balaban J connectivity index is 1.39. The van der Waals surface area contributed by atoms with Gasteiger partial charge in [-0.15, -0.1) is 0 Å². The Bertz CT molecular complexity index is 1390. The van der Waals surface area contributed by atoms with E-state index >= 15 is 0 Å². The summed E-state index contributed by atoms with van der Waals surface area (Å²) in [6.45, 7) is 6.86. The van der Waals surface area contributed by atoms with E-state index in [1.54, 1.807) is 24.3 Å². The lowest BCUT2D eigenvalue weighted by Crippen LogP contribution is -2.47. The van der Waals surface area contributed by atoms with Gasteiger partial charge >= 0.3 is 0 Å². The number of aromatic nitrogens is 1. The lowest BCUT2D eigenvalue weighted by Gasteiger charge is -2.35. The number of anilines is 2. The number of fused-ring (bicyclic) bond motifs is 2. The summed E-state index contributed by atoms with van der Waals surface area (Å²) in [6.07, 6.45) is 0. The monoisotopic (exact) mass is 505 g/mol. The van der Waals surface area contributed by atoms with Crippen molar-refractivity contribution in [1.29, 1.82) is 0 Å². The van der Waals surface area contributed by atoms with Crippen LogP contribution in [0.3, 0.4) is 0 Å². The van der Waals surface area contributed by atoms with Crippen molar-refractivity contribution in [2.75, 3.05) is 58.7 Å². The molecule has 0 bridgehead atoms. The van der Waals surface area contributed by atoms with Crippen LogP contribution in [0.5, 0.6) is 11.5 Å². The van der Waals surface area contributed by atoms with Gasteiger partial charge in [0.1, 0.15) is 11.5 Å². The third-order valence-electron chi connectivity index (χ3n) is 6.79. The predicted molar refractivity (Wildman–Crippen MR) is 148 cm³/mol. The van der Waals surface area contributed by atoms with Gasteiger partial charge in [-0.2, -0.15) is 0 Å². The zero-order valence-electron chi connectivity index (χ0n) is 20.7. The van der Waals surface area contributed by atoms with Crippen molar-refractivity contribution in [3.63, 3.8) is 0 Å². The molecule has 1 aliphatic rings. The number of hydrogen-bond acceptors (Lipinski definition) is 7. The maximum atomic E-state index is 10.6. The number of benzene rings is 3. The van der Waals surface area contributed by atoms with E-state index in [1.807, 2.05) is 30.3 Å². The number of aromatic hydroxyl groups is 2. The largest absolute Gasteiger partial charge is 0.508 e. The molecular weight excluding hydrogens is 474 g/mol. The van der Waals surface area contributed by atoms with E-state index in [0.29, 0.717) is 17.3 Å². The first kappa shape index (κ1) is 24.6. The number of likely N-dealkylation sites (N-methyl/N-ethyl adjacent to an activating group) is 1. The molecule has 4 aromatic rings. The molecular formula is C28H32ClN5O2. The van der Waals surface area contributed by atoms with Crippen molar-refractivity contribution >= 4 is 44.8 Å². The average molecular weight is 506 g/mol. The van der Waals surface area contributed by atoms with Gasteiger partial charge in [-0.05, 0) is 68.7 Å². The van der Waals surface area contributed by atoms with Gasteiger partial charge < -0.3 is 20.4 Å². The molecule has 0 radical (unpaired) electrons. The van der Waals surface area contributed by atoms with Crippen molar-refractivity contribution in [2.24, 2.45) is 0 Å². The van der Waals surface area contributed by atoms with Crippen LogP contribution in [0.2, 0.25) is 5.02 Å². The molecule has 3 aromatic carbocycles. The third kappa shape index (κ3) is 5.50. The lowest BCUT2D eigenvalue weighted by molar-refractivity contribution is 0.120. The first-order valence-corrected chi connectivity index (χ1v) is 12.6. The van der Waals surface area contributed by atoms with Crippen LogP contribution in [0, 0.1) is 0 Å². The summed E-state index contributed by atoms with van der Waals surface area (Å²) in [5.41, 5.74) is 4.12. The summed E-state index contributed by atoms with van der Waals surface area (Å²) in [7, 11) is 4.21. The van der Waals surface area contributed by atoms with Crippen molar-refractivity contribution in [1.82, 2.24) is 19.7 Å². The summed E-state index contributed by atoms with van der Waals surface area (Å²) < 4.78 is 0. The highest BCUT2D eigenvalue weighted by molar-refractivity contribution is 6.31. The lowest BCUT2D eigenvalue weighted by atomic mass is 10.1. The van der Waals surface area contributed by atoms with Crippen LogP contribution >= 0.6 is 11.6 Å². The maximum absolute atomic E-state index is 10.6. The van der Waals surface area contributed by atoms with Crippen molar-refractivity contribution in [2.45, 2.75) is 6.54 Å². The number of piperazine rings is 1. The molecule has 3 N–H and O–H groups in total. The van der Waals surface area contributed by atoms with Gasteiger partial charge in [0.05, 0.1) is 16.7 Å². The highest BCUT2D eigenvalue weighted by Crippen LogP contribution is 2.36. The molecule has 36 heavy (non-hydrogen) atoms. The summed E-state index contributed by atoms with van der Waals surface area (Å²) in [5.74, 6) is 0.473. The second-order valence-corrected chi connectivity index (χ2v) is 10.2. The van der Waals surface area contributed by atoms with Crippen LogP contribution < -0.4 is 5.32 Å². The van der Waals surface area contributed by atoms with Gasteiger partial charge in [-0.1, -0.05) is 11.6 Å². The molecule has 1 aromatic heterocycles. The van der Waals surface area contributed by atoms with Gasteiger partial charge in [0.2, 0.25) is 0 Å². The number of phenols is 2. The van der Waals surface area contributed by atoms with Gasteiger partial charge in [-0.3, -0.25) is 9.80 Å². The molecule has 0 atom stereocenters. The number of phenolic OH excluding ortho intramolecular Hbond substituents is 2. The second-order valence-electron chi connectivity index (χ2n) is 9.74. The average Bonchev–Trinajstić information content (AvgIpc) is 2.85. The fourth-order valence-corrected chi connectivity index (χ4v) is 4.89. The molecule has 1 aliphatic heterocycles. The van der Waals surface area contributed by atoms with E-state index in [-0.39, 0.29) is 5.75 Å². The smallest absolute Gasteiger partial charge is 0.120 e. The minimum Gasteiger partial charge on any atom is -0.508 e. The Kier molecular flexibility index (Phi) is 7.16. The van der Waals surface area contributed by atoms with Crippen LogP contribution in [0.4, 0.5) is 11.4 Å². The molecule has 0 spiro atoms. The number of nitrogens with zero attached hydrogens (tertiary/aromatic N) is 4. The van der Waals surface area contributed by atoms with Gasteiger partial charge in [0.25, 0.3) is 0 Å². The van der Waals surface area contributed by atoms with Gasteiger partial charge in [0.15, 0.2) is 0 Å². The van der Waals surface area contributed by atoms with Crippen LogP contribution in [0.15, 0.2) is 54.6 Å². The van der Waals surface area contributed by atoms with E-state index in [2.05, 4.69) is 34.1 Å². The fourth-order valence-electron chi connectivity index (χ4n) is 4.73. The molecule has 1 fully saturated rings. The molecule has 7 nitrogen and oxygen atoms in total. The zero-order chi connectivity index (χ0) is 25.2. The minimum absolute atomic E-state index is 0.178. The topological polar surface area (TPSA) is 75.1 Å². The standard InChI is InChI=1S/C28H32ClN5O2/c1-32(2)9-10-33-11-13-34(14-12-33)18-19-15-21(4-8-27(19)36)30-28-23-6-3-20(29)16-26(23)31-25-7-5-22(35)17-24(25)28/h3-8,15-17,35-36H,9-14,18H2,1-2H3,(H,30,31).